The highest BCUT2D eigenvalue weighted by Gasteiger charge is 2.05. The first-order valence-corrected chi connectivity index (χ1v) is 5.31. The Labute approximate surface area is 87.2 Å². The maximum Gasteiger partial charge on any atom is 0.200 e. The average molecular weight is 207 g/mol. The predicted octanol–water partition coefficient (Wildman–Crippen LogP) is 2.19. The molecule has 0 amide bonds. The maximum atomic E-state index is 5.70. The van der Waals surface area contributed by atoms with Gasteiger partial charge in [-0.25, -0.2) is 4.98 Å². The van der Waals surface area contributed by atoms with Crippen LogP contribution in [0.3, 0.4) is 0 Å². The van der Waals surface area contributed by atoms with Crippen LogP contribution < -0.4 is 5.73 Å². The van der Waals surface area contributed by atoms with Crippen molar-refractivity contribution in [1.82, 2.24) is 9.55 Å². The van der Waals surface area contributed by atoms with Crippen LogP contribution in [0, 0.1) is 13.8 Å². The fourth-order valence-corrected chi connectivity index (χ4v) is 2.44. The van der Waals surface area contributed by atoms with Crippen LogP contribution in [-0.4, -0.2) is 9.55 Å². The molecule has 0 radical (unpaired) electrons. The van der Waals surface area contributed by atoms with Crippen LogP contribution in [0.15, 0.2) is 18.5 Å². The van der Waals surface area contributed by atoms with Crippen molar-refractivity contribution in [1.29, 1.82) is 0 Å². The molecule has 2 N–H and O–H groups in total. The number of nitrogen functional groups attached to an aromatic ring is 1. The summed E-state index contributed by atoms with van der Waals surface area (Å²) in [6.45, 7) is 5.08. The van der Waals surface area contributed by atoms with E-state index in [1.165, 1.54) is 15.3 Å². The molecule has 2 aromatic heterocycles. The highest BCUT2D eigenvalue weighted by Crippen LogP contribution is 2.21. The predicted molar refractivity (Wildman–Crippen MR) is 59.5 cm³/mol. The number of aromatic nitrogens is 2. The summed E-state index contributed by atoms with van der Waals surface area (Å²) in [5.74, 6) is 0.577. The molecular formula is C10H13N3S. The first-order chi connectivity index (χ1) is 6.66. The van der Waals surface area contributed by atoms with Crippen molar-refractivity contribution in [2.75, 3.05) is 5.73 Å². The molecule has 2 aromatic rings. The number of imidazole rings is 1. The van der Waals surface area contributed by atoms with E-state index >= 15 is 0 Å². The maximum absolute atomic E-state index is 5.70. The van der Waals surface area contributed by atoms with E-state index in [2.05, 4.69) is 24.9 Å². The van der Waals surface area contributed by atoms with Crippen molar-refractivity contribution in [3.63, 3.8) is 0 Å². The van der Waals surface area contributed by atoms with E-state index in [-0.39, 0.29) is 0 Å². The number of thiophene rings is 1. The fourth-order valence-electron chi connectivity index (χ4n) is 1.50. The summed E-state index contributed by atoms with van der Waals surface area (Å²) in [4.78, 5) is 6.69. The molecule has 2 heterocycles. The van der Waals surface area contributed by atoms with E-state index in [0.717, 1.165) is 6.54 Å². The molecule has 3 nitrogen and oxygen atoms in total. The number of anilines is 1. The number of rotatable bonds is 2. The summed E-state index contributed by atoms with van der Waals surface area (Å²) < 4.78 is 1.95. The molecule has 0 aliphatic rings. The quantitative estimate of drug-likeness (QED) is 0.820. The lowest BCUT2D eigenvalue weighted by Gasteiger charge is -2.03. The van der Waals surface area contributed by atoms with Crippen molar-refractivity contribution in [2.45, 2.75) is 20.4 Å². The zero-order valence-corrected chi connectivity index (χ0v) is 9.14. The summed E-state index contributed by atoms with van der Waals surface area (Å²) in [6.07, 6.45) is 3.63. The molecule has 0 bridgehead atoms. The van der Waals surface area contributed by atoms with Gasteiger partial charge in [0.1, 0.15) is 0 Å². The fraction of sp³-hybridized carbons (Fsp3) is 0.300. The van der Waals surface area contributed by atoms with Crippen LogP contribution in [0.25, 0.3) is 0 Å². The number of hydrogen-bond acceptors (Lipinski definition) is 3. The molecule has 0 spiro atoms. The highest BCUT2D eigenvalue weighted by molar-refractivity contribution is 7.12. The minimum absolute atomic E-state index is 0.577. The summed E-state index contributed by atoms with van der Waals surface area (Å²) in [6, 6.07) is 2.21. The Morgan fingerprint density at radius 3 is 2.79 bits per heavy atom. The molecule has 0 fully saturated rings. The van der Waals surface area contributed by atoms with E-state index in [4.69, 9.17) is 5.73 Å². The third-order valence-electron chi connectivity index (χ3n) is 2.23. The Hall–Kier alpha value is -1.29. The molecule has 0 unspecified atom stereocenters. The van der Waals surface area contributed by atoms with Gasteiger partial charge in [-0.15, -0.1) is 11.3 Å². The molecule has 0 aromatic carbocycles. The standard InChI is InChI=1S/C10H13N3S/c1-7-5-9(8(2)14-7)6-13-4-3-12-10(13)11/h3-5H,6H2,1-2H3,(H2,11,12). The van der Waals surface area contributed by atoms with Gasteiger partial charge in [-0.2, -0.15) is 0 Å². The van der Waals surface area contributed by atoms with Crippen molar-refractivity contribution >= 4 is 17.3 Å². The lowest BCUT2D eigenvalue weighted by atomic mass is 10.2. The molecule has 74 valence electrons. The van der Waals surface area contributed by atoms with E-state index in [9.17, 15) is 0 Å². The minimum atomic E-state index is 0.577. The highest BCUT2D eigenvalue weighted by atomic mass is 32.1. The Morgan fingerprint density at radius 1 is 1.50 bits per heavy atom. The molecule has 2 rings (SSSR count). The van der Waals surface area contributed by atoms with E-state index in [0.29, 0.717) is 5.95 Å². The Kier molecular flexibility index (Phi) is 2.29. The second-order valence-corrected chi connectivity index (χ2v) is 4.81. The molecule has 0 atom stereocenters. The number of aryl methyl sites for hydroxylation is 2. The molecule has 4 heteroatoms. The first-order valence-electron chi connectivity index (χ1n) is 4.49. The number of hydrogen-bond donors (Lipinski definition) is 1. The van der Waals surface area contributed by atoms with Gasteiger partial charge in [-0.3, -0.25) is 0 Å². The number of nitrogens with two attached hydrogens (primary N) is 1. The minimum Gasteiger partial charge on any atom is -0.369 e. The van der Waals surface area contributed by atoms with Gasteiger partial charge in [0.2, 0.25) is 0 Å². The molecule has 0 aliphatic heterocycles. The summed E-state index contributed by atoms with van der Waals surface area (Å²) >= 11 is 1.82. The van der Waals surface area contributed by atoms with Gasteiger partial charge in [0.15, 0.2) is 5.95 Å². The van der Waals surface area contributed by atoms with Crippen LogP contribution in [-0.2, 0) is 6.54 Å². The third-order valence-corrected chi connectivity index (χ3v) is 3.24. The largest absolute Gasteiger partial charge is 0.369 e. The van der Waals surface area contributed by atoms with Crippen molar-refractivity contribution in [3.8, 4) is 0 Å². The van der Waals surface area contributed by atoms with Crippen LogP contribution in [0.2, 0.25) is 0 Å². The van der Waals surface area contributed by atoms with E-state index < -0.39 is 0 Å². The van der Waals surface area contributed by atoms with E-state index in [1.54, 1.807) is 6.20 Å². The van der Waals surface area contributed by atoms with Crippen LogP contribution in [0.4, 0.5) is 5.95 Å². The van der Waals surface area contributed by atoms with Crippen molar-refractivity contribution < 1.29 is 0 Å². The van der Waals surface area contributed by atoms with Gasteiger partial charge in [-0.05, 0) is 25.5 Å². The molecule has 14 heavy (non-hydrogen) atoms. The van der Waals surface area contributed by atoms with Crippen LogP contribution >= 0.6 is 11.3 Å². The second-order valence-electron chi connectivity index (χ2n) is 3.35. The Morgan fingerprint density at radius 2 is 2.29 bits per heavy atom. The average Bonchev–Trinajstić information content (AvgIpc) is 2.62. The zero-order valence-electron chi connectivity index (χ0n) is 8.32. The lowest BCUT2D eigenvalue weighted by Crippen LogP contribution is -2.03. The first kappa shape index (κ1) is 9.27. The Bertz CT molecular complexity index is 442. The molecular weight excluding hydrogens is 194 g/mol. The normalized spacial score (nSPS) is 10.7. The zero-order chi connectivity index (χ0) is 10.1. The van der Waals surface area contributed by atoms with Gasteiger partial charge in [0.05, 0.1) is 6.54 Å². The monoisotopic (exact) mass is 207 g/mol. The van der Waals surface area contributed by atoms with E-state index in [1.807, 2.05) is 22.1 Å². The van der Waals surface area contributed by atoms with Gasteiger partial charge in [0.25, 0.3) is 0 Å². The van der Waals surface area contributed by atoms with Crippen LogP contribution in [0.1, 0.15) is 15.3 Å². The summed E-state index contributed by atoms with van der Waals surface area (Å²) in [7, 11) is 0. The molecule has 0 aliphatic carbocycles. The van der Waals surface area contributed by atoms with Gasteiger partial charge in [-0.1, -0.05) is 0 Å². The smallest absolute Gasteiger partial charge is 0.200 e. The molecule has 0 saturated carbocycles. The van der Waals surface area contributed by atoms with Gasteiger partial charge >= 0.3 is 0 Å². The second kappa shape index (κ2) is 3.46. The Balaban J connectivity index is 2.27. The molecule has 0 saturated heterocycles. The van der Waals surface area contributed by atoms with Gasteiger partial charge in [0, 0.05) is 22.1 Å². The van der Waals surface area contributed by atoms with Crippen LogP contribution in [0.5, 0.6) is 0 Å². The topological polar surface area (TPSA) is 43.8 Å². The lowest BCUT2D eigenvalue weighted by molar-refractivity contribution is 0.809. The van der Waals surface area contributed by atoms with Gasteiger partial charge < -0.3 is 10.3 Å². The summed E-state index contributed by atoms with van der Waals surface area (Å²) in [5.41, 5.74) is 7.03. The SMILES string of the molecule is Cc1cc(Cn2ccnc2N)c(C)s1. The third kappa shape index (κ3) is 1.65. The number of nitrogens with zero attached hydrogens (tertiary/aromatic N) is 2. The van der Waals surface area contributed by atoms with Crippen molar-refractivity contribution in [2.24, 2.45) is 0 Å². The summed E-state index contributed by atoms with van der Waals surface area (Å²) in [5, 5.41) is 0. The van der Waals surface area contributed by atoms with Crippen molar-refractivity contribution in [3.05, 3.63) is 33.8 Å².